The molecule has 2 rings (SSSR count). The molecule has 0 amide bonds. The number of hydrogen-bond acceptors (Lipinski definition) is 3. The van der Waals surface area contributed by atoms with Crippen LogP contribution in [0.1, 0.15) is 18.9 Å². The highest BCUT2D eigenvalue weighted by Crippen LogP contribution is 2.19. The van der Waals surface area contributed by atoms with Crippen molar-refractivity contribution in [2.45, 2.75) is 26.4 Å². The number of ether oxygens (including phenoxy) is 1. The fraction of sp³-hybridized carbons (Fsp3) is 0.400. The van der Waals surface area contributed by atoms with Gasteiger partial charge in [-0.05, 0) is 31.2 Å². The normalized spacial score (nSPS) is 10.7. The van der Waals surface area contributed by atoms with Crippen LogP contribution in [0.25, 0.3) is 0 Å². The third-order valence-electron chi connectivity index (χ3n) is 2.97. The Labute approximate surface area is 118 Å². The molecule has 20 heavy (non-hydrogen) atoms. The lowest BCUT2D eigenvalue weighted by molar-refractivity contribution is 0.297. The molecule has 0 aliphatic heterocycles. The number of imidazole rings is 1. The van der Waals surface area contributed by atoms with Crippen LogP contribution in [0.2, 0.25) is 0 Å². The number of nitrogens with one attached hydrogen (secondary N) is 1. The fourth-order valence-electron chi connectivity index (χ4n) is 1.93. The first-order valence-corrected chi connectivity index (χ1v) is 6.87. The molecule has 0 bridgehead atoms. The zero-order chi connectivity index (χ0) is 14.2. The van der Waals surface area contributed by atoms with Crippen LogP contribution in [0.5, 0.6) is 5.75 Å². The first kappa shape index (κ1) is 14.5. The van der Waals surface area contributed by atoms with Gasteiger partial charge in [-0.15, -0.1) is 0 Å². The largest absolute Gasteiger partial charge is 0.493 e. The molecular weight excluding hydrogens is 257 g/mol. The Morgan fingerprint density at radius 2 is 2.30 bits per heavy atom. The van der Waals surface area contributed by atoms with E-state index < -0.39 is 0 Å². The lowest BCUT2D eigenvalue weighted by atomic mass is 10.2. The molecule has 0 saturated carbocycles. The van der Waals surface area contributed by atoms with E-state index in [1.54, 1.807) is 18.6 Å². The Morgan fingerprint density at radius 1 is 1.40 bits per heavy atom. The van der Waals surface area contributed by atoms with Gasteiger partial charge in [0, 0.05) is 31.0 Å². The lowest BCUT2D eigenvalue weighted by Gasteiger charge is -2.12. The fourth-order valence-corrected chi connectivity index (χ4v) is 1.93. The van der Waals surface area contributed by atoms with Gasteiger partial charge in [0.15, 0.2) is 0 Å². The van der Waals surface area contributed by atoms with Crippen LogP contribution < -0.4 is 10.1 Å². The van der Waals surface area contributed by atoms with Crippen LogP contribution in [0.4, 0.5) is 4.39 Å². The highest BCUT2D eigenvalue weighted by molar-refractivity contribution is 5.33. The van der Waals surface area contributed by atoms with Crippen molar-refractivity contribution in [3.8, 4) is 5.75 Å². The first-order valence-electron chi connectivity index (χ1n) is 6.87. The predicted molar refractivity (Wildman–Crippen MR) is 76.1 cm³/mol. The summed E-state index contributed by atoms with van der Waals surface area (Å²) in [4.78, 5) is 3.99. The van der Waals surface area contributed by atoms with Crippen LogP contribution >= 0.6 is 0 Å². The van der Waals surface area contributed by atoms with Gasteiger partial charge < -0.3 is 14.6 Å². The molecule has 2 aromatic rings. The molecular formula is C15H20FN3O. The Morgan fingerprint density at radius 3 is 3.05 bits per heavy atom. The van der Waals surface area contributed by atoms with Crippen LogP contribution in [-0.2, 0) is 13.1 Å². The molecule has 1 aromatic carbocycles. The SMILES string of the molecule is CCNCc1cc(F)ccc1OCCCn1ccnc1. The number of nitrogens with zero attached hydrogens (tertiary/aromatic N) is 2. The number of aryl methyl sites for hydroxylation is 1. The molecule has 108 valence electrons. The van der Waals surface area contributed by atoms with Crippen molar-refractivity contribution < 1.29 is 9.13 Å². The van der Waals surface area contributed by atoms with E-state index in [2.05, 4.69) is 10.3 Å². The highest BCUT2D eigenvalue weighted by atomic mass is 19.1. The van der Waals surface area contributed by atoms with E-state index in [0.29, 0.717) is 13.2 Å². The van der Waals surface area contributed by atoms with Gasteiger partial charge in [-0.2, -0.15) is 0 Å². The second kappa shape index (κ2) is 7.65. The zero-order valence-corrected chi connectivity index (χ0v) is 11.7. The van der Waals surface area contributed by atoms with Crippen molar-refractivity contribution in [2.24, 2.45) is 0 Å². The summed E-state index contributed by atoms with van der Waals surface area (Å²) in [6.45, 7) is 4.94. The maximum atomic E-state index is 13.3. The van der Waals surface area contributed by atoms with Gasteiger partial charge in [-0.1, -0.05) is 6.92 Å². The average molecular weight is 277 g/mol. The van der Waals surface area contributed by atoms with Gasteiger partial charge >= 0.3 is 0 Å². The van der Waals surface area contributed by atoms with E-state index in [4.69, 9.17) is 4.74 Å². The smallest absolute Gasteiger partial charge is 0.123 e. The quantitative estimate of drug-likeness (QED) is 0.754. The summed E-state index contributed by atoms with van der Waals surface area (Å²) in [5, 5.41) is 3.19. The number of benzene rings is 1. The number of halogens is 1. The van der Waals surface area contributed by atoms with Crippen LogP contribution in [-0.4, -0.2) is 22.7 Å². The van der Waals surface area contributed by atoms with E-state index >= 15 is 0 Å². The molecule has 4 nitrogen and oxygen atoms in total. The topological polar surface area (TPSA) is 39.1 Å². The maximum absolute atomic E-state index is 13.3. The molecule has 0 unspecified atom stereocenters. The van der Waals surface area contributed by atoms with E-state index in [-0.39, 0.29) is 5.82 Å². The molecule has 1 N–H and O–H groups in total. The Balaban J connectivity index is 1.84. The lowest BCUT2D eigenvalue weighted by Crippen LogP contribution is -2.13. The summed E-state index contributed by atoms with van der Waals surface area (Å²) in [5.41, 5.74) is 0.856. The van der Waals surface area contributed by atoms with Gasteiger partial charge in [0.25, 0.3) is 0 Å². The summed E-state index contributed by atoms with van der Waals surface area (Å²) in [7, 11) is 0. The second-order valence-corrected chi connectivity index (χ2v) is 4.53. The van der Waals surface area contributed by atoms with E-state index in [1.807, 2.05) is 17.7 Å². The molecule has 5 heteroatoms. The second-order valence-electron chi connectivity index (χ2n) is 4.53. The van der Waals surface area contributed by atoms with E-state index in [0.717, 1.165) is 30.8 Å². The molecule has 0 atom stereocenters. The number of rotatable bonds is 8. The van der Waals surface area contributed by atoms with Gasteiger partial charge in [0.1, 0.15) is 11.6 Å². The Bertz CT molecular complexity index is 514. The van der Waals surface area contributed by atoms with Crippen molar-refractivity contribution in [3.63, 3.8) is 0 Å². The molecule has 0 aliphatic rings. The minimum absolute atomic E-state index is 0.233. The first-order chi connectivity index (χ1) is 9.79. The highest BCUT2D eigenvalue weighted by Gasteiger charge is 2.05. The molecule has 0 saturated heterocycles. The van der Waals surface area contributed by atoms with Crippen molar-refractivity contribution in [3.05, 3.63) is 48.3 Å². The Kier molecular flexibility index (Phi) is 5.55. The van der Waals surface area contributed by atoms with Crippen molar-refractivity contribution >= 4 is 0 Å². The van der Waals surface area contributed by atoms with Crippen LogP contribution in [0.3, 0.4) is 0 Å². The molecule has 0 aliphatic carbocycles. The van der Waals surface area contributed by atoms with Crippen LogP contribution in [0.15, 0.2) is 36.9 Å². The van der Waals surface area contributed by atoms with Gasteiger partial charge in [0.05, 0.1) is 12.9 Å². The maximum Gasteiger partial charge on any atom is 0.123 e. The summed E-state index contributed by atoms with van der Waals surface area (Å²) >= 11 is 0. The van der Waals surface area contributed by atoms with Gasteiger partial charge in [-0.25, -0.2) is 9.37 Å². The third-order valence-corrected chi connectivity index (χ3v) is 2.97. The van der Waals surface area contributed by atoms with Gasteiger partial charge in [-0.3, -0.25) is 0 Å². The van der Waals surface area contributed by atoms with Crippen molar-refractivity contribution in [2.75, 3.05) is 13.2 Å². The molecule has 0 spiro atoms. The minimum Gasteiger partial charge on any atom is -0.493 e. The van der Waals surface area contributed by atoms with E-state index in [1.165, 1.54) is 12.1 Å². The molecule has 1 heterocycles. The average Bonchev–Trinajstić information content (AvgIpc) is 2.96. The van der Waals surface area contributed by atoms with Crippen molar-refractivity contribution in [1.82, 2.24) is 14.9 Å². The standard InChI is InChI=1S/C15H20FN3O/c1-2-17-11-13-10-14(16)4-5-15(13)20-9-3-7-19-8-6-18-12-19/h4-6,8,10,12,17H,2-3,7,9,11H2,1H3. The van der Waals surface area contributed by atoms with E-state index in [9.17, 15) is 4.39 Å². The monoisotopic (exact) mass is 277 g/mol. The van der Waals surface area contributed by atoms with Crippen LogP contribution in [0, 0.1) is 5.82 Å². The minimum atomic E-state index is -0.233. The predicted octanol–water partition coefficient (Wildman–Crippen LogP) is 2.60. The number of hydrogen-bond donors (Lipinski definition) is 1. The molecule has 0 fully saturated rings. The zero-order valence-electron chi connectivity index (χ0n) is 11.7. The molecule has 1 aromatic heterocycles. The molecule has 0 radical (unpaired) electrons. The summed E-state index contributed by atoms with van der Waals surface area (Å²) in [5.74, 6) is 0.515. The van der Waals surface area contributed by atoms with Crippen molar-refractivity contribution in [1.29, 1.82) is 0 Å². The summed E-state index contributed by atoms with van der Waals surface area (Å²) < 4.78 is 21.0. The summed E-state index contributed by atoms with van der Waals surface area (Å²) in [6, 6.07) is 4.65. The Hall–Kier alpha value is -1.88. The number of aromatic nitrogens is 2. The van der Waals surface area contributed by atoms with Gasteiger partial charge in [0.2, 0.25) is 0 Å². The third kappa shape index (κ3) is 4.35. The summed E-state index contributed by atoms with van der Waals surface area (Å²) in [6.07, 6.45) is 6.35.